The highest BCUT2D eigenvalue weighted by atomic mass is 31.2. The Kier molecular flexibility index (Phi) is 7.46. The van der Waals surface area contributed by atoms with Gasteiger partial charge in [-0.25, -0.2) is 19.2 Å². The number of aromatic nitrogens is 2. The monoisotopic (exact) mass is 471 g/mol. The van der Waals surface area contributed by atoms with Crippen molar-refractivity contribution in [3.05, 3.63) is 22.7 Å². The van der Waals surface area contributed by atoms with Crippen molar-refractivity contribution in [2.75, 3.05) is 13.7 Å². The zero-order chi connectivity index (χ0) is 23.6. The molecule has 174 valence electrons. The van der Waals surface area contributed by atoms with E-state index in [4.69, 9.17) is 10.5 Å². The minimum Gasteiger partial charge on any atom is -0.391 e. The largest absolute Gasteiger partial charge is 0.411 e. The highest BCUT2D eigenvalue weighted by Crippen LogP contribution is 2.44. The van der Waals surface area contributed by atoms with Gasteiger partial charge in [0.1, 0.15) is 6.10 Å². The molecule has 1 saturated heterocycles. The van der Waals surface area contributed by atoms with Gasteiger partial charge in [0.05, 0.1) is 12.6 Å². The fraction of sp³-hybridized carbons (Fsp3) is 0.571. The van der Waals surface area contributed by atoms with Gasteiger partial charge in [0.2, 0.25) is 18.0 Å². The van der Waals surface area contributed by atoms with Gasteiger partial charge in [0.25, 0.3) is 0 Å². The number of alkyl halides is 2. The van der Waals surface area contributed by atoms with Crippen LogP contribution in [0, 0.1) is 0 Å². The van der Waals surface area contributed by atoms with Crippen LogP contribution in [0.2, 0.25) is 0 Å². The molecule has 1 aromatic rings. The summed E-state index contributed by atoms with van der Waals surface area (Å²) in [5, 5.41) is 14.1. The van der Waals surface area contributed by atoms with Crippen molar-refractivity contribution < 1.29 is 46.9 Å². The molecule has 31 heavy (non-hydrogen) atoms. The predicted octanol–water partition coefficient (Wildman–Crippen LogP) is -1.56. The van der Waals surface area contributed by atoms with E-state index in [9.17, 15) is 37.7 Å². The first kappa shape index (κ1) is 24.8. The lowest BCUT2D eigenvalue weighted by Gasteiger charge is -2.21. The number of aliphatic hydroxyl groups is 1. The number of amides is 2. The summed E-state index contributed by atoms with van der Waals surface area (Å²) in [5.41, 5.74) is 3.45. The average molecular weight is 471 g/mol. The van der Waals surface area contributed by atoms with Crippen LogP contribution in [-0.2, 0) is 18.6 Å². The molecule has 14 nitrogen and oxygen atoms in total. The molecule has 6 N–H and O–H groups in total. The van der Waals surface area contributed by atoms with E-state index in [1.54, 1.807) is 0 Å². The molecule has 0 bridgehead atoms. The molecular weight excluding hydrogens is 451 g/mol. The Morgan fingerprint density at radius 3 is 2.71 bits per heavy atom. The molecule has 2 amide bonds. The number of hydrogen-bond acceptors (Lipinski definition) is 9. The molecule has 1 fully saturated rings. The first-order valence-corrected chi connectivity index (χ1v) is 10.1. The van der Waals surface area contributed by atoms with Crippen LogP contribution in [0.25, 0.3) is 0 Å². The number of halogens is 2. The summed E-state index contributed by atoms with van der Waals surface area (Å²) in [6, 6.07) is -0.274. The van der Waals surface area contributed by atoms with Crippen molar-refractivity contribution in [3.63, 3.8) is 0 Å². The highest BCUT2D eigenvalue weighted by Gasteiger charge is 2.60. The predicted molar refractivity (Wildman–Crippen MR) is 96.0 cm³/mol. The molecule has 0 aromatic carbocycles. The number of primary amides is 1. The topological polar surface area (TPSA) is 204 Å². The van der Waals surface area contributed by atoms with Gasteiger partial charge in [-0.05, 0) is 6.92 Å². The van der Waals surface area contributed by atoms with E-state index in [2.05, 4.69) is 19.6 Å². The number of carbonyl (C=O) groups excluding carboxylic acids is 2. The second-order valence-electron chi connectivity index (χ2n) is 6.30. The maximum atomic E-state index is 14.5. The van der Waals surface area contributed by atoms with E-state index < -0.39 is 68.3 Å². The minimum atomic E-state index is -4.65. The molecule has 1 aliphatic heterocycles. The fourth-order valence-electron chi connectivity index (χ4n) is 2.57. The Balaban J connectivity index is 2.13. The van der Waals surface area contributed by atoms with E-state index in [1.165, 1.54) is 14.0 Å². The zero-order valence-corrected chi connectivity index (χ0v) is 17.0. The van der Waals surface area contributed by atoms with Crippen molar-refractivity contribution in [1.29, 1.82) is 0 Å². The molecule has 2 heterocycles. The van der Waals surface area contributed by atoms with Gasteiger partial charge in [0.15, 0.2) is 6.10 Å². The van der Waals surface area contributed by atoms with Crippen LogP contribution in [0.5, 0.6) is 5.88 Å². The Bertz CT molecular complexity index is 945. The van der Waals surface area contributed by atoms with E-state index >= 15 is 0 Å². The number of likely N-dealkylation sites (N-methyl/N-ethyl adjacent to an activating group) is 1. The molecule has 2 rings (SSSR count). The van der Waals surface area contributed by atoms with Crippen LogP contribution in [0.4, 0.5) is 13.6 Å². The molecule has 0 saturated carbocycles. The van der Waals surface area contributed by atoms with Crippen molar-refractivity contribution in [2.45, 2.75) is 37.3 Å². The lowest BCUT2D eigenvalue weighted by molar-refractivity contribution is -0.141. The van der Waals surface area contributed by atoms with Crippen LogP contribution < -0.4 is 26.6 Å². The van der Waals surface area contributed by atoms with Crippen molar-refractivity contribution in [1.82, 2.24) is 20.0 Å². The Hall–Kier alpha value is -2.49. The third-order valence-electron chi connectivity index (χ3n) is 4.05. The van der Waals surface area contributed by atoms with E-state index in [-0.39, 0.29) is 0 Å². The van der Waals surface area contributed by atoms with Gasteiger partial charge < -0.3 is 30.5 Å². The summed E-state index contributed by atoms with van der Waals surface area (Å²) >= 11 is 0. The lowest BCUT2D eigenvalue weighted by Crippen LogP contribution is -2.42. The van der Waals surface area contributed by atoms with Crippen LogP contribution in [0.1, 0.15) is 13.2 Å². The molecule has 5 atom stereocenters. The average Bonchev–Trinajstić information content (AvgIpc) is 2.88. The Labute approximate surface area is 172 Å². The molecule has 1 aliphatic rings. The van der Waals surface area contributed by atoms with Crippen molar-refractivity contribution >= 4 is 19.7 Å². The molecule has 0 spiro atoms. The fourth-order valence-corrected chi connectivity index (χ4v) is 3.60. The van der Waals surface area contributed by atoms with Gasteiger partial charge in [-0.2, -0.15) is 13.8 Å². The standard InChI is InChI=1S/C14H20F2N5O9P/c1-6(10(23)18-2)20-31(26,27)28-5-7-9(22)14(15,16)11(29-7)21-4-3-8(19-13(21)25)30-12(17)24/h3-4,6-7,9,11,22H,5H2,1-2H3,(H2,17,24)(H,18,23)(H2,20,26,27)/t6-,7+,9+,11+/m0/s1. The van der Waals surface area contributed by atoms with E-state index in [0.717, 1.165) is 12.3 Å². The SMILES string of the molecule is CNC(=O)[C@H](C)NP(=O)(O)OC[C@H]1O[C@@H](n2ccc(OC(N)=O)nc2=O)C(F)(F)[C@@H]1O. The second kappa shape index (κ2) is 9.33. The second-order valence-corrected chi connectivity index (χ2v) is 7.86. The summed E-state index contributed by atoms with van der Waals surface area (Å²) in [7, 11) is -3.36. The molecule has 1 aromatic heterocycles. The quantitative estimate of drug-likeness (QED) is 0.274. The summed E-state index contributed by atoms with van der Waals surface area (Å²) < 4.78 is 55.3. The van der Waals surface area contributed by atoms with Crippen LogP contribution in [0.15, 0.2) is 17.1 Å². The van der Waals surface area contributed by atoms with Crippen LogP contribution in [0.3, 0.4) is 0 Å². The third-order valence-corrected chi connectivity index (χ3v) is 5.26. The highest BCUT2D eigenvalue weighted by molar-refractivity contribution is 7.50. The van der Waals surface area contributed by atoms with Crippen LogP contribution in [-0.4, -0.2) is 69.4 Å². The third kappa shape index (κ3) is 5.81. The number of carbonyl (C=O) groups is 2. The van der Waals surface area contributed by atoms with E-state index in [1.807, 2.05) is 5.09 Å². The number of nitrogens with two attached hydrogens (primary N) is 1. The smallest absolute Gasteiger partial charge is 0.391 e. The van der Waals surface area contributed by atoms with Crippen molar-refractivity contribution in [2.24, 2.45) is 5.73 Å². The zero-order valence-electron chi connectivity index (χ0n) is 16.1. The summed E-state index contributed by atoms with van der Waals surface area (Å²) in [5.74, 6) is -5.22. The Morgan fingerprint density at radius 1 is 1.52 bits per heavy atom. The van der Waals surface area contributed by atoms with E-state index in [0.29, 0.717) is 4.57 Å². The van der Waals surface area contributed by atoms with Gasteiger partial charge >= 0.3 is 25.5 Å². The molecule has 0 aliphatic carbocycles. The van der Waals surface area contributed by atoms with Gasteiger partial charge in [-0.15, -0.1) is 0 Å². The Morgan fingerprint density at radius 2 is 2.16 bits per heavy atom. The molecule has 1 unspecified atom stereocenters. The first-order chi connectivity index (χ1) is 14.3. The number of nitrogens with zero attached hydrogens (tertiary/aromatic N) is 2. The first-order valence-electron chi connectivity index (χ1n) is 8.53. The van der Waals surface area contributed by atoms with Gasteiger partial charge in [-0.1, -0.05) is 0 Å². The number of aliphatic hydroxyl groups excluding tert-OH is 1. The van der Waals surface area contributed by atoms with Crippen LogP contribution >= 0.6 is 7.75 Å². The minimum absolute atomic E-state index is 0.321. The number of nitrogens with one attached hydrogen (secondary N) is 2. The van der Waals surface area contributed by atoms with Crippen molar-refractivity contribution in [3.8, 4) is 5.88 Å². The van der Waals surface area contributed by atoms with Gasteiger partial charge in [0, 0.05) is 19.3 Å². The normalized spacial score (nSPS) is 25.4. The summed E-state index contributed by atoms with van der Waals surface area (Å²) in [6.07, 6.45) is -7.22. The molecule has 0 radical (unpaired) electrons. The van der Waals surface area contributed by atoms with Gasteiger partial charge in [-0.3, -0.25) is 13.9 Å². The lowest BCUT2D eigenvalue weighted by atomic mass is 10.1. The summed E-state index contributed by atoms with van der Waals surface area (Å²) in [4.78, 5) is 47.1. The molecular formula is C14H20F2N5O9P. The number of hydrogen-bond donors (Lipinski definition) is 5. The number of rotatable bonds is 8. The maximum absolute atomic E-state index is 14.5. The summed E-state index contributed by atoms with van der Waals surface area (Å²) in [6.45, 7) is 0.265. The molecule has 17 heteroatoms. The maximum Gasteiger partial charge on any atom is 0.411 e. The number of ether oxygens (including phenoxy) is 2.